The van der Waals surface area contributed by atoms with Crippen molar-refractivity contribution in [3.05, 3.63) is 77.9 Å². The number of amides is 3. The summed E-state index contributed by atoms with van der Waals surface area (Å²) in [7, 11) is 0. The number of hydrogen-bond acceptors (Lipinski definition) is 5. The number of aliphatic hydroxyl groups excluding tert-OH is 1. The fourth-order valence-electron chi connectivity index (χ4n) is 4.13. The first-order chi connectivity index (χ1) is 16.7. The van der Waals surface area contributed by atoms with Gasteiger partial charge in [0.25, 0.3) is 11.8 Å². The van der Waals surface area contributed by atoms with E-state index < -0.39 is 42.1 Å². The molecule has 4 atom stereocenters. The molecular formula is C26H30FN3O5. The smallest absolute Gasteiger partial charge is 0.254 e. The predicted octanol–water partition coefficient (Wildman–Crippen LogP) is 1.64. The van der Waals surface area contributed by atoms with Gasteiger partial charge in [-0.25, -0.2) is 4.39 Å². The molecule has 0 aromatic heterocycles. The van der Waals surface area contributed by atoms with Crippen LogP contribution in [0.2, 0.25) is 0 Å². The van der Waals surface area contributed by atoms with Crippen molar-refractivity contribution in [2.24, 2.45) is 0 Å². The van der Waals surface area contributed by atoms with Crippen LogP contribution < -0.4 is 10.6 Å². The Morgan fingerprint density at radius 3 is 2.60 bits per heavy atom. The molecule has 0 aliphatic carbocycles. The predicted molar refractivity (Wildman–Crippen MR) is 128 cm³/mol. The zero-order valence-corrected chi connectivity index (χ0v) is 19.5. The largest absolute Gasteiger partial charge is 0.508 e. The Labute approximate surface area is 203 Å². The summed E-state index contributed by atoms with van der Waals surface area (Å²) in [6.07, 6.45) is -1.76. The van der Waals surface area contributed by atoms with Crippen LogP contribution in [-0.2, 0) is 16.0 Å². The quantitative estimate of drug-likeness (QED) is 0.405. The molecule has 4 N–H and O–H groups in total. The fraction of sp³-hybridized carbons (Fsp3) is 0.346. The van der Waals surface area contributed by atoms with Crippen molar-refractivity contribution >= 4 is 17.7 Å². The molecule has 0 bridgehead atoms. The van der Waals surface area contributed by atoms with Gasteiger partial charge in [-0.15, -0.1) is 6.58 Å². The molecule has 8 nitrogen and oxygen atoms in total. The minimum absolute atomic E-state index is 0.0617. The first-order valence-corrected chi connectivity index (χ1v) is 11.4. The molecular weight excluding hydrogens is 453 g/mol. The minimum atomic E-state index is -1.74. The second-order valence-corrected chi connectivity index (χ2v) is 8.54. The van der Waals surface area contributed by atoms with E-state index in [-0.39, 0.29) is 37.2 Å². The Hall–Kier alpha value is -3.72. The van der Waals surface area contributed by atoms with Crippen LogP contribution in [0.25, 0.3) is 0 Å². The Balaban J connectivity index is 1.85. The number of benzene rings is 2. The van der Waals surface area contributed by atoms with Gasteiger partial charge < -0.3 is 25.7 Å². The molecule has 0 radical (unpaired) electrons. The number of likely N-dealkylation sites (tertiary alicyclic amines) is 1. The molecule has 3 rings (SSSR count). The summed E-state index contributed by atoms with van der Waals surface area (Å²) < 4.78 is 14.2. The van der Waals surface area contributed by atoms with Crippen molar-refractivity contribution in [1.82, 2.24) is 15.5 Å². The van der Waals surface area contributed by atoms with E-state index in [4.69, 9.17) is 0 Å². The van der Waals surface area contributed by atoms with Crippen LogP contribution in [-0.4, -0.2) is 70.3 Å². The maximum atomic E-state index is 14.2. The van der Waals surface area contributed by atoms with Gasteiger partial charge in [0.2, 0.25) is 5.91 Å². The van der Waals surface area contributed by atoms with Crippen LogP contribution in [0.15, 0.2) is 61.2 Å². The van der Waals surface area contributed by atoms with Gasteiger partial charge in [0.15, 0.2) is 6.10 Å². The lowest BCUT2D eigenvalue weighted by molar-refractivity contribution is -0.146. The molecule has 1 fully saturated rings. The second-order valence-electron chi connectivity index (χ2n) is 8.54. The van der Waals surface area contributed by atoms with E-state index in [0.29, 0.717) is 5.56 Å². The van der Waals surface area contributed by atoms with Gasteiger partial charge in [0, 0.05) is 24.1 Å². The molecule has 0 saturated carbocycles. The lowest BCUT2D eigenvalue weighted by Gasteiger charge is -2.30. The van der Waals surface area contributed by atoms with Gasteiger partial charge >= 0.3 is 0 Å². The summed E-state index contributed by atoms with van der Waals surface area (Å²) >= 11 is 0. The Morgan fingerprint density at radius 1 is 1.20 bits per heavy atom. The van der Waals surface area contributed by atoms with Gasteiger partial charge in [-0.3, -0.25) is 14.4 Å². The number of hydrogen-bond donors (Lipinski definition) is 4. The van der Waals surface area contributed by atoms with Gasteiger partial charge in [-0.05, 0) is 31.0 Å². The van der Waals surface area contributed by atoms with Crippen molar-refractivity contribution < 1.29 is 29.0 Å². The van der Waals surface area contributed by atoms with Gasteiger partial charge in [0.05, 0.1) is 12.6 Å². The van der Waals surface area contributed by atoms with Crippen LogP contribution in [0.1, 0.15) is 27.9 Å². The van der Waals surface area contributed by atoms with Crippen LogP contribution in [0, 0.1) is 6.92 Å². The lowest BCUT2D eigenvalue weighted by Crippen LogP contribution is -2.55. The number of rotatable bonds is 9. The molecule has 1 aliphatic heterocycles. The number of nitrogens with one attached hydrogen (secondary N) is 2. The minimum Gasteiger partial charge on any atom is -0.508 e. The lowest BCUT2D eigenvalue weighted by atomic mass is 9.98. The highest BCUT2D eigenvalue weighted by Crippen LogP contribution is 2.24. The van der Waals surface area contributed by atoms with Crippen LogP contribution in [0.5, 0.6) is 5.75 Å². The molecule has 1 saturated heterocycles. The Morgan fingerprint density at radius 2 is 1.91 bits per heavy atom. The number of phenols is 1. The Kier molecular flexibility index (Phi) is 8.59. The maximum absolute atomic E-state index is 14.2. The topological polar surface area (TPSA) is 119 Å². The number of carbonyl (C=O) groups is 3. The van der Waals surface area contributed by atoms with Gasteiger partial charge in [-0.1, -0.05) is 42.5 Å². The number of aromatic hydroxyl groups is 1. The number of carbonyl (C=O) groups excluding carboxylic acids is 3. The van der Waals surface area contributed by atoms with Crippen molar-refractivity contribution in [2.75, 3.05) is 13.1 Å². The number of alkyl halides is 1. The molecule has 1 heterocycles. The van der Waals surface area contributed by atoms with E-state index in [1.54, 1.807) is 31.2 Å². The fourth-order valence-corrected chi connectivity index (χ4v) is 4.13. The Bertz CT molecular complexity index is 1080. The average Bonchev–Trinajstić information content (AvgIpc) is 3.25. The van der Waals surface area contributed by atoms with Crippen LogP contribution in [0.3, 0.4) is 0 Å². The third kappa shape index (κ3) is 6.24. The van der Waals surface area contributed by atoms with E-state index >= 15 is 0 Å². The van der Waals surface area contributed by atoms with E-state index in [1.165, 1.54) is 24.3 Å². The molecule has 35 heavy (non-hydrogen) atoms. The van der Waals surface area contributed by atoms with E-state index in [0.717, 1.165) is 10.5 Å². The number of phenolic OH excluding ortho intramolecular Hbond substituents is 1. The molecule has 2 aromatic rings. The molecule has 2 aromatic carbocycles. The molecule has 3 amide bonds. The summed E-state index contributed by atoms with van der Waals surface area (Å²) in [6.45, 7) is 4.92. The first-order valence-electron chi connectivity index (χ1n) is 11.4. The van der Waals surface area contributed by atoms with Crippen molar-refractivity contribution in [1.29, 1.82) is 0 Å². The monoisotopic (exact) mass is 483 g/mol. The SMILES string of the molecule is C=CCNC(=O)[C@@H]1C[C@@H](F)CN1C(=O)[C@@H](O)[C@H](Cc1ccccc1)NC(=O)c1cccc(O)c1C. The molecule has 0 unspecified atom stereocenters. The highest BCUT2D eigenvalue weighted by Gasteiger charge is 2.43. The van der Waals surface area contributed by atoms with E-state index in [1.807, 2.05) is 6.07 Å². The van der Waals surface area contributed by atoms with Gasteiger partial charge in [-0.2, -0.15) is 0 Å². The first kappa shape index (κ1) is 25.9. The van der Waals surface area contributed by atoms with Crippen molar-refractivity contribution in [3.63, 3.8) is 0 Å². The summed E-state index contributed by atoms with van der Waals surface area (Å²) in [5.74, 6) is -2.04. The standard InChI is InChI=1S/C26H30FN3O5/c1-3-12-28-25(34)21-14-18(27)15-30(21)26(35)23(32)20(13-17-8-5-4-6-9-17)29-24(33)19-10-7-11-22(31)16(19)2/h3-11,18,20-21,23,31-32H,1,12-15H2,2H3,(H,28,34)(H,29,33)/t18-,20+,21+,23+/m1/s1. The number of nitrogens with zero attached hydrogens (tertiary/aromatic N) is 1. The number of aliphatic hydroxyl groups is 1. The third-order valence-corrected chi connectivity index (χ3v) is 6.06. The van der Waals surface area contributed by atoms with E-state index in [9.17, 15) is 29.0 Å². The maximum Gasteiger partial charge on any atom is 0.254 e. The molecule has 0 spiro atoms. The zero-order valence-electron chi connectivity index (χ0n) is 19.5. The van der Waals surface area contributed by atoms with Gasteiger partial charge in [0.1, 0.15) is 18.0 Å². The summed E-state index contributed by atoms with van der Waals surface area (Å²) in [5, 5.41) is 26.3. The summed E-state index contributed by atoms with van der Waals surface area (Å²) in [5.41, 5.74) is 1.29. The normalized spacial score (nSPS) is 19.0. The molecule has 1 aliphatic rings. The summed E-state index contributed by atoms with van der Waals surface area (Å²) in [4.78, 5) is 39.8. The highest BCUT2D eigenvalue weighted by molar-refractivity contribution is 5.97. The zero-order chi connectivity index (χ0) is 25.5. The summed E-state index contributed by atoms with van der Waals surface area (Å²) in [6, 6.07) is 11.3. The average molecular weight is 484 g/mol. The van der Waals surface area contributed by atoms with Crippen LogP contribution in [0.4, 0.5) is 4.39 Å². The van der Waals surface area contributed by atoms with Crippen LogP contribution >= 0.6 is 0 Å². The van der Waals surface area contributed by atoms with Crippen molar-refractivity contribution in [3.8, 4) is 5.75 Å². The highest BCUT2D eigenvalue weighted by atomic mass is 19.1. The van der Waals surface area contributed by atoms with E-state index in [2.05, 4.69) is 17.2 Å². The molecule has 9 heteroatoms. The number of halogens is 1. The molecule has 186 valence electrons. The second kappa shape index (κ2) is 11.6. The van der Waals surface area contributed by atoms with Crippen molar-refractivity contribution in [2.45, 2.75) is 44.1 Å². The third-order valence-electron chi connectivity index (χ3n) is 6.06.